The number of allylic oxidation sites excluding steroid dienone is 2. The van der Waals surface area contributed by atoms with Gasteiger partial charge in [0.2, 0.25) is 0 Å². The molecule has 2 N–H and O–H groups in total. The molecular formula is C7H13O2. The van der Waals surface area contributed by atoms with Crippen molar-refractivity contribution in [2.75, 3.05) is 0 Å². The van der Waals surface area contributed by atoms with Crippen LogP contribution in [0.15, 0.2) is 11.8 Å². The molecule has 0 aromatic rings. The Bertz CT molecular complexity index is 95.1. The van der Waals surface area contributed by atoms with Crippen LogP contribution in [0.5, 0.6) is 0 Å². The summed E-state index contributed by atoms with van der Waals surface area (Å²) in [5, 5.41) is 17.5. The fraction of sp³-hybridized carbons (Fsp3) is 0.571. The van der Waals surface area contributed by atoms with E-state index in [0.29, 0.717) is 12.8 Å². The van der Waals surface area contributed by atoms with Crippen molar-refractivity contribution in [1.29, 1.82) is 0 Å². The van der Waals surface area contributed by atoms with Gasteiger partial charge in [0, 0.05) is 6.42 Å². The van der Waals surface area contributed by atoms with E-state index in [-0.39, 0.29) is 11.9 Å². The topological polar surface area (TPSA) is 40.5 Å². The zero-order valence-corrected chi connectivity index (χ0v) is 5.67. The van der Waals surface area contributed by atoms with Crippen molar-refractivity contribution in [2.24, 2.45) is 0 Å². The maximum absolute atomic E-state index is 8.79. The third kappa shape index (κ3) is 5.37. The minimum absolute atomic E-state index is 0.246. The predicted octanol–water partition coefficient (Wildman–Crippen LogP) is 1.42. The Kier molecular flexibility index (Phi) is 4.14. The number of aliphatic hydroxyl groups is 2. The summed E-state index contributed by atoms with van der Waals surface area (Å²) in [5.74, 6) is 0.246. The van der Waals surface area contributed by atoms with E-state index < -0.39 is 0 Å². The maximum atomic E-state index is 8.79. The van der Waals surface area contributed by atoms with Gasteiger partial charge in [-0.05, 0) is 26.3 Å². The Labute approximate surface area is 55.8 Å². The van der Waals surface area contributed by atoms with Gasteiger partial charge in [-0.25, -0.2) is 0 Å². The van der Waals surface area contributed by atoms with Gasteiger partial charge >= 0.3 is 0 Å². The van der Waals surface area contributed by atoms with Gasteiger partial charge in [-0.3, -0.25) is 0 Å². The molecule has 0 aromatic carbocycles. The van der Waals surface area contributed by atoms with Crippen LogP contribution in [-0.2, 0) is 0 Å². The standard InChI is InChI=1S/C7H13O2/c1-3-7(9)5-4-6(2)8/h3,6,8-9H,1,4-5H2,2H3/b7-3+. The highest BCUT2D eigenvalue weighted by atomic mass is 16.3. The van der Waals surface area contributed by atoms with E-state index in [9.17, 15) is 0 Å². The van der Waals surface area contributed by atoms with Crippen LogP contribution >= 0.6 is 0 Å². The first kappa shape index (κ1) is 8.50. The van der Waals surface area contributed by atoms with Gasteiger partial charge in [0.25, 0.3) is 0 Å². The van der Waals surface area contributed by atoms with Crippen LogP contribution in [0, 0.1) is 6.92 Å². The van der Waals surface area contributed by atoms with E-state index in [0.717, 1.165) is 0 Å². The van der Waals surface area contributed by atoms with Crippen LogP contribution in [0.3, 0.4) is 0 Å². The average molecular weight is 129 g/mol. The Morgan fingerprint density at radius 2 is 2.33 bits per heavy atom. The molecule has 0 saturated carbocycles. The molecule has 0 aliphatic carbocycles. The summed E-state index contributed by atoms with van der Waals surface area (Å²) in [7, 11) is 0. The first-order valence-corrected chi connectivity index (χ1v) is 3.02. The normalized spacial score (nSPS) is 15.7. The Morgan fingerprint density at radius 3 is 2.67 bits per heavy atom. The molecule has 53 valence electrons. The highest BCUT2D eigenvalue weighted by Gasteiger charge is 1.96. The van der Waals surface area contributed by atoms with Crippen LogP contribution < -0.4 is 0 Å². The molecule has 2 heteroatoms. The van der Waals surface area contributed by atoms with Crippen LogP contribution in [-0.4, -0.2) is 16.3 Å². The van der Waals surface area contributed by atoms with E-state index in [2.05, 4.69) is 6.92 Å². The van der Waals surface area contributed by atoms with Gasteiger partial charge in [0.15, 0.2) is 0 Å². The molecule has 1 atom stereocenters. The fourth-order valence-electron chi connectivity index (χ4n) is 0.459. The number of hydrogen-bond donors (Lipinski definition) is 2. The van der Waals surface area contributed by atoms with Gasteiger partial charge < -0.3 is 10.2 Å². The largest absolute Gasteiger partial charge is 0.513 e. The minimum Gasteiger partial charge on any atom is -0.513 e. The molecule has 0 aliphatic heterocycles. The van der Waals surface area contributed by atoms with Crippen LogP contribution in [0.1, 0.15) is 19.8 Å². The van der Waals surface area contributed by atoms with Crippen molar-refractivity contribution in [3.63, 3.8) is 0 Å². The lowest BCUT2D eigenvalue weighted by molar-refractivity contribution is 0.179. The number of rotatable bonds is 3. The molecular weight excluding hydrogens is 116 g/mol. The van der Waals surface area contributed by atoms with Gasteiger partial charge in [0.05, 0.1) is 11.9 Å². The smallest absolute Gasteiger partial charge is 0.0883 e. The molecule has 1 unspecified atom stereocenters. The Morgan fingerprint density at radius 1 is 1.78 bits per heavy atom. The maximum Gasteiger partial charge on any atom is 0.0883 e. The van der Waals surface area contributed by atoms with Crippen molar-refractivity contribution < 1.29 is 10.2 Å². The number of hydrogen-bond acceptors (Lipinski definition) is 2. The SMILES string of the molecule is [CH2]/C=C(/O)CCC(C)O. The molecule has 0 aliphatic rings. The van der Waals surface area contributed by atoms with E-state index in [4.69, 9.17) is 10.2 Å². The molecule has 0 spiro atoms. The second-order valence-corrected chi connectivity index (χ2v) is 2.08. The molecule has 0 fully saturated rings. The van der Waals surface area contributed by atoms with Crippen molar-refractivity contribution in [3.05, 3.63) is 18.8 Å². The van der Waals surface area contributed by atoms with Crippen molar-refractivity contribution >= 4 is 0 Å². The summed E-state index contributed by atoms with van der Waals surface area (Å²) in [6, 6.07) is 0. The molecule has 0 heterocycles. The second kappa shape index (κ2) is 4.39. The van der Waals surface area contributed by atoms with Crippen molar-refractivity contribution in [1.82, 2.24) is 0 Å². The summed E-state index contributed by atoms with van der Waals surface area (Å²) >= 11 is 0. The molecule has 0 bridgehead atoms. The van der Waals surface area contributed by atoms with Crippen LogP contribution in [0.2, 0.25) is 0 Å². The second-order valence-electron chi connectivity index (χ2n) is 2.08. The zero-order valence-electron chi connectivity index (χ0n) is 5.67. The van der Waals surface area contributed by atoms with Crippen LogP contribution in [0.25, 0.3) is 0 Å². The van der Waals surface area contributed by atoms with Crippen molar-refractivity contribution in [2.45, 2.75) is 25.9 Å². The van der Waals surface area contributed by atoms with Crippen LogP contribution in [0.4, 0.5) is 0 Å². The van der Waals surface area contributed by atoms with Gasteiger partial charge in [-0.1, -0.05) is 0 Å². The molecule has 2 nitrogen and oxygen atoms in total. The van der Waals surface area contributed by atoms with Crippen molar-refractivity contribution in [3.8, 4) is 0 Å². The number of aliphatic hydroxyl groups excluding tert-OH is 2. The highest BCUT2D eigenvalue weighted by Crippen LogP contribution is 2.02. The molecule has 0 saturated heterocycles. The first-order valence-electron chi connectivity index (χ1n) is 3.02. The van der Waals surface area contributed by atoms with E-state index >= 15 is 0 Å². The fourth-order valence-corrected chi connectivity index (χ4v) is 0.459. The lowest BCUT2D eigenvalue weighted by Crippen LogP contribution is -1.99. The summed E-state index contributed by atoms with van der Waals surface area (Å²) in [5.41, 5.74) is 0. The lowest BCUT2D eigenvalue weighted by Gasteiger charge is -2.01. The first-order chi connectivity index (χ1) is 4.16. The summed E-state index contributed by atoms with van der Waals surface area (Å²) in [6.07, 6.45) is 2.16. The average Bonchev–Trinajstić information content (AvgIpc) is 1.83. The quantitative estimate of drug-likeness (QED) is 0.566. The molecule has 0 amide bonds. The highest BCUT2D eigenvalue weighted by molar-refractivity contribution is 4.92. The zero-order chi connectivity index (χ0) is 7.28. The molecule has 0 aromatic heterocycles. The lowest BCUT2D eigenvalue weighted by atomic mass is 10.2. The molecule has 0 rings (SSSR count). The van der Waals surface area contributed by atoms with E-state index in [1.165, 1.54) is 6.08 Å². The summed E-state index contributed by atoms with van der Waals surface area (Å²) in [4.78, 5) is 0. The minimum atomic E-state index is -0.341. The van der Waals surface area contributed by atoms with E-state index in [1.54, 1.807) is 6.92 Å². The Balaban J connectivity index is 3.28. The molecule has 1 radical (unpaired) electrons. The predicted molar refractivity (Wildman–Crippen MR) is 37.0 cm³/mol. The summed E-state index contributed by atoms with van der Waals surface area (Å²) < 4.78 is 0. The monoisotopic (exact) mass is 129 g/mol. The third-order valence-electron chi connectivity index (χ3n) is 1.05. The third-order valence-corrected chi connectivity index (χ3v) is 1.05. The van der Waals surface area contributed by atoms with E-state index in [1.807, 2.05) is 0 Å². The molecule has 9 heavy (non-hydrogen) atoms. The summed E-state index contributed by atoms with van der Waals surface area (Å²) in [6.45, 7) is 5.06. The van der Waals surface area contributed by atoms with Gasteiger partial charge in [-0.15, -0.1) is 0 Å². The van der Waals surface area contributed by atoms with Gasteiger partial charge in [0.1, 0.15) is 0 Å². The van der Waals surface area contributed by atoms with Gasteiger partial charge in [-0.2, -0.15) is 0 Å². The Hall–Kier alpha value is -0.500.